The van der Waals surface area contributed by atoms with E-state index in [4.69, 9.17) is 20.9 Å². The van der Waals surface area contributed by atoms with Crippen LogP contribution in [0.15, 0.2) is 92.8 Å². The number of anilines is 4. The number of nitrogen functional groups attached to an aromatic ring is 2. The fraction of sp³-hybridized carbons (Fsp3) is 0.0588. The molecule has 0 saturated carbocycles. The molecule has 0 heterocycles. The van der Waals surface area contributed by atoms with E-state index < -0.39 is 41.6 Å². The molecule has 6 rings (SSSR count). The van der Waals surface area contributed by atoms with Crippen LogP contribution in [0.3, 0.4) is 0 Å². The Labute approximate surface area is 296 Å². The van der Waals surface area contributed by atoms with Gasteiger partial charge >= 0.3 is 0 Å². The Kier molecular flexibility index (Phi) is 9.15. The highest BCUT2D eigenvalue weighted by Crippen LogP contribution is 2.36. The summed E-state index contributed by atoms with van der Waals surface area (Å²) in [5, 5.41) is 8.36. The summed E-state index contributed by atoms with van der Waals surface area (Å²) in [7, 11) is -6.34. The molecule has 0 aliphatic heterocycles. The van der Waals surface area contributed by atoms with Gasteiger partial charge in [-0.3, -0.25) is 29.5 Å². The first-order valence-corrected chi connectivity index (χ1v) is 17.8. The number of carbonyl (C=O) groups excluding carboxylic acids is 2. The molecule has 0 unspecified atom stereocenters. The van der Waals surface area contributed by atoms with Crippen molar-refractivity contribution in [3.8, 4) is 22.6 Å². The largest absolute Gasteiger partial charge is 0.494 e. The number of nitrogens with zero attached hydrogens (tertiary/aromatic N) is 2. The van der Waals surface area contributed by atoms with Crippen LogP contribution in [0.2, 0.25) is 0 Å². The van der Waals surface area contributed by atoms with E-state index in [0.717, 1.165) is 12.1 Å². The van der Waals surface area contributed by atoms with E-state index >= 15 is 0 Å². The zero-order valence-electron chi connectivity index (χ0n) is 27.1. The van der Waals surface area contributed by atoms with Crippen LogP contribution < -0.4 is 31.8 Å². The highest BCUT2D eigenvalue weighted by molar-refractivity contribution is 7.86. The number of Topliss-reactive ketones (excluding diaryl/α,β-unsaturated/α-hetero) is 2. The van der Waals surface area contributed by atoms with Crippen molar-refractivity contribution >= 4 is 78.1 Å². The summed E-state index contributed by atoms with van der Waals surface area (Å²) in [6, 6.07) is 14.9. The number of hydrogen-bond donors (Lipinski definition) is 6. The number of nitrogens with one attached hydrogen (secondary N) is 2. The average molecular weight is 745 g/mol. The van der Waals surface area contributed by atoms with Gasteiger partial charge in [-0.1, -0.05) is 24.3 Å². The zero-order chi connectivity index (χ0) is 37.5. The van der Waals surface area contributed by atoms with E-state index in [1.165, 1.54) is 50.7 Å². The van der Waals surface area contributed by atoms with Crippen LogP contribution in [-0.4, -0.2) is 63.2 Å². The smallest absolute Gasteiger partial charge is 0.295 e. The summed E-state index contributed by atoms with van der Waals surface area (Å²) < 4.78 is 77.5. The summed E-state index contributed by atoms with van der Waals surface area (Å²) in [5.74, 6) is -0.596. The molecular weight excluding hydrogens is 717 g/mol. The van der Waals surface area contributed by atoms with E-state index in [1.807, 2.05) is 0 Å². The number of hydrazone groups is 2. The molecule has 0 bridgehead atoms. The number of rotatable bonds is 9. The summed E-state index contributed by atoms with van der Waals surface area (Å²) >= 11 is 0. The van der Waals surface area contributed by atoms with E-state index in [0.29, 0.717) is 34.0 Å². The fourth-order valence-corrected chi connectivity index (χ4v) is 6.97. The van der Waals surface area contributed by atoms with Gasteiger partial charge < -0.3 is 20.9 Å². The second kappa shape index (κ2) is 13.4. The molecule has 4 aromatic rings. The third-order valence-corrected chi connectivity index (χ3v) is 9.92. The van der Waals surface area contributed by atoms with Crippen molar-refractivity contribution in [1.29, 1.82) is 0 Å². The molecule has 0 amide bonds. The number of carbonyl (C=O) groups is 2. The SMILES string of the molecule is COc1cc(-c2ccc(N/N=C3\C=Cc4c(S(=O)(=O)O)ccc(N)c4C3=O)c(OC)c2)ccc1N/N=C1\C=Cc2c(S(=O)(=O)O)ccc(N)c2C1=O. The van der Waals surface area contributed by atoms with Crippen molar-refractivity contribution in [3.63, 3.8) is 0 Å². The maximum absolute atomic E-state index is 13.2. The highest BCUT2D eigenvalue weighted by atomic mass is 32.2. The van der Waals surface area contributed by atoms with Crippen LogP contribution in [0, 0.1) is 0 Å². The van der Waals surface area contributed by atoms with Crippen molar-refractivity contribution in [2.45, 2.75) is 9.79 Å². The predicted molar refractivity (Wildman–Crippen MR) is 195 cm³/mol. The van der Waals surface area contributed by atoms with Crippen molar-refractivity contribution in [2.75, 3.05) is 36.5 Å². The number of methoxy groups -OCH3 is 2. The number of ether oxygens (including phenoxy) is 2. The van der Waals surface area contributed by atoms with Gasteiger partial charge in [-0.15, -0.1) is 0 Å². The molecule has 2 aliphatic rings. The van der Waals surface area contributed by atoms with Gasteiger partial charge in [0.25, 0.3) is 20.2 Å². The maximum Gasteiger partial charge on any atom is 0.295 e. The Hall–Kier alpha value is -6.34. The Bertz CT molecular complexity index is 2380. The van der Waals surface area contributed by atoms with E-state index in [9.17, 15) is 35.5 Å². The number of benzene rings is 4. The van der Waals surface area contributed by atoms with Crippen molar-refractivity contribution in [1.82, 2.24) is 0 Å². The molecule has 0 atom stereocenters. The zero-order valence-corrected chi connectivity index (χ0v) is 28.7. The summed E-state index contributed by atoms with van der Waals surface area (Å²) in [6.45, 7) is 0. The number of allylic oxidation sites excluding steroid dienone is 2. The number of nitrogens with two attached hydrogens (primary N) is 2. The third-order valence-electron chi connectivity index (χ3n) is 8.10. The molecule has 0 saturated heterocycles. The monoisotopic (exact) mass is 744 g/mol. The fourth-order valence-electron chi connectivity index (χ4n) is 5.60. The lowest BCUT2D eigenvalue weighted by Gasteiger charge is -2.17. The van der Waals surface area contributed by atoms with Gasteiger partial charge in [-0.25, -0.2) is 0 Å². The lowest BCUT2D eigenvalue weighted by molar-refractivity contribution is 0.105. The number of fused-ring (bicyclic) bond motifs is 2. The standard InChI is InChI=1S/C34H28N6O10S2/c1-49-27-15-17(3-9-23(27)37-39-25-11-5-19-29(51(43,44)45)13-7-21(35)31(19)33(25)41)18-4-10-24(28(16-18)50-2)38-40-26-12-6-20-30(52(46,47)48)14-8-22(36)32(20)34(26)42/h3-16,37-38H,35-36H2,1-2H3,(H,43,44,45)(H,46,47,48)/b39-25+,40-26+. The summed E-state index contributed by atoms with van der Waals surface area (Å²) in [5.41, 5.74) is 19.3. The molecule has 52 heavy (non-hydrogen) atoms. The summed E-state index contributed by atoms with van der Waals surface area (Å²) in [4.78, 5) is 25.5. The van der Waals surface area contributed by atoms with Gasteiger partial charge in [0.05, 0.1) is 36.7 Å². The van der Waals surface area contributed by atoms with Gasteiger partial charge in [-0.2, -0.15) is 27.0 Å². The first-order valence-electron chi connectivity index (χ1n) is 14.9. The normalized spacial score (nSPS) is 15.4. The summed E-state index contributed by atoms with van der Waals surface area (Å²) in [6.07, 6.45) is 5.26. The molecule has 2 aliphatic carbocycles. The van der Waals surface area contributed by atoms with E-state index in [2.05, 4.69) is 21.1 Å². The van der Waals surface area contributed by atoms with Crippen molar-refractivity contribution < 1.29 is 45.0 Å². The van der Waals surface area contributed by atoms with Gasteiger partial charge in [0.15, 0.2) is 0 Å². The molecule has 266 valence electrons. The Morgan fingerprint density at radius 2 is 0.981 bits per heavy atom. The van der Waals surface area contributed by atoms with Crippen LogP contribution in [0.4, 0.5) is 22.7 Å². The third kappa shape index (κ3) is 6.61. The number of hydrogen-bond acceptors (Lipinski definition) is 14. The van der Waals surface area contributed by atoms with Crippen LogP contribution >= 0.6 is 0 Å². The second-order valence-corrected chi connectivity index (χ2v) is 14.0. The molecule has 18 heteroatoms. The molecule has 16 nitrogen and oxygen atoms in total. The molecule has 4 aromatic carbocycles. The lowest BCUT2D eigenvalue weighted by atomic mass is 9.93. The topological polar surface area (TPSA) is 262 Å². The maximum atomic E-state index is 13.2. The van der Waals surface area contributed by atoms with Gasteiger partial charge in [0, 0.05) is 22.5 Å². The Morgan fingerprint density at radius 3 is 1.33 bits per heavy atom. The Balaban J connectivity index is 1.22. The Morgan fingerprint density at radius 1 is 0.596 bits per heavy atom. The van der Waals surface area contributed by atoms with Crippen LogP contribution in [0.5, 0.6) is 11.5 Å². The van der Waals surface area contributed by atoms with Gasteiger partial charge in [0.2, 0.25) is 11.6 Å². The van der Waals surface area contributed by atoms with E-state index in [-0.39, 0.29) is 45.1 Å². The van der Waals surface area contributed by atoms with Crippen LogP contribution in [0.1, 0.15) is 31.8 Å². The quantitative estimate of drug-likeness (QED) is 0.0789. The minimum Gasteiger partial charge on any atom is -0.494 e. The predicted octanol–water partition coefficient (Wildman–Crippen LogP) is 4.38. The average Bonchev–Trinajstić information content (AvgIpc) is 3.10. The molecule has 0 radical (unpaired) electrons. The van der Waals surface area contributed by atoms with Crippen molar-refractivity contribution in [3.05, 3.63) is 95.1 Å². The number of ketones is 2. The first-order chi connectivity index (χ1) is 24.6. The first kappa shape index (κ1) is 35.5. The van der Waals surface area contributed by atoms with Crippen molar-refractivity contribution in [2.24, 2.45) is 10.2 Å². The van der Waals surface area contributed by atoms with Crippen LogP contribution in [-0.2, 0) is 20.2 Å². The minimum atomic E-state index is -4.61. The minimum absolute atomic E-state index is 0.0163. The second-order valence-electron chi connectivity index (χ2n) is 11.2. The highest BCUT2D eigenvalue weighted by Gasteiger charge is 2.29. The lowest BCUT2D eigenvalue weighted by Crippen LogP contribution is -2.21. The molecule has 0 spiro atoms. The van der Waals surface area contributed by atoms with Gasteiger partial charge in [-0.05, 0) is 71.8 Å². The molecule has 0 aromatic heterocycles. The molecular formula is C34H28N6O10S2. The molecule has 0 fully saturated rings. The van der Waals surface area contributed by atoms with Crippen LogP contribution in [0.25, 0.3) is 23.3 Å². The van der Waals surface area contributed by atoms with E-state index in [1.54, 1.807) is 36.4 Å². The van der Waals surface area contributed by atoms with Gasteiger partial charge in [0.1, 0.15) is 32.7 Å². The molecule has 8 N–H and O–H groups in total.